The summed E-state index contributed by atoms with van der Waals surface area (Å²) in [6, 6.07) is 16.6. The number of ether oxygens (including phenoxy) is 4. The van der Waals surface area contributed by atoms with Crippen LogP contribution in [0.15, 0.2) is 58.5 Å². The van der Waals surface area contributed by atoms with Crippen molar-refractivity contribution in [1.29, 1.82) is 0 Å². The molecule has 2 aromatic rings. The third kappa shape index (κ3) is 7.98. The highest BCUT2D eigenvalue weighted by Crippen LogP contribution is 2.32. The Morgan fingerprint density at radius 3 is 2.30 bits per heavy atom. The Hall–Kier alpha value is -3.02. The van der Waals surface area contributed by atoms with Crippen LogP contribution in [0.25, 0.3) is 0 Å². The molecule has 0 fully saturated rings. The van der Waals surface area contributed by atoms with Crippen LogP contribution in [0.1, 0.15) is 65.0 Å². The van der Waals surface area contributed by atoms with Gasteiger partial charge in [-0.15, -0.1) is 0 Å². The van der Waals surface area contributed by atoms with Crippen molar-refractivity contribution in [3.05, 3.63) is 59.7 Å². The van der Waals surface area contributed by atoms with Gasteiger partial charge in [-0.05, 0) is 82.1 Å². The molecule has 1 aliphatic rings. The second-order valence-corrected chi connectivity index (χ2v) is 9.99. The number of aliphatic imine (C=N–C) groups is 2. The molecule has 37 heavy (non-hydrogen) atoms. The average molecular weight is 509 g/mol. The first-order valence-corrected chi connectivity index (χ1v) is 13.7. The summed E-state index contributed by atoms with van der Waals surface area (Å²) in [5, 5.41) is 0. The predicted molar refractivity (Wildman–Crippen MR) is 151 cm³/mol. The van der Waals surface area contributed by atoms with Gasteiger partial charge in [0.15, 0.2) is 11.5 Å². The number of rotatable bonds is 13. The van der Waals surface area contributed by atoms with Crippen LogP contribution in [-0.2, 0) is 22.3 Å². The number of benzene rings is 2. The Morgan fingerprint density at radius 1 is 0.865 bits per heavy atom. The number of hydrogen-bond donors (Lipinski definition) is 0. The molecule has 1 heterocycles. The quantitative estimate of drug-likeness (QED) is 0.283. The van der Waals surface area contributed by atoms with Crippen molar-refractivity contribution in [2.45, 2.75) is 78.3 Å². The van der Waals surface area contributed by atoms with Gasteiger partial charge < -0.3 is 18.9 Å². The maximum absolute atomic E-state index is 6.06. The minimum atomic E-state index is -0.576. The third-order valence-electron chi connectivity index (χ3n) is 6.62. The number of nitrogens with zero attached hydrogens (tertiary/aromatic N) is 2. The molecular formula is C31H44N2O4. The zero-order valence-corrected chi connectivity index (χ0v) is 23.5. The highest BCUT2D eigenvalue weighted by atomic mass is 16.5. The molecule has 2 aromatic carbocycles. The lowest BCUT2D eigenvalue weighted by molar-refractivity contribution is 0.256. The van der Waals surface area contributed by atoms with Gasteiger partial charge in [0.2, 0.25) is 11.8 Å². The molecule has 6 nitrogen and oxygen atoms in total. The molecule has 0 radical (unpaired) electrons. The zero-order valence-electron chi connectivity index (χ0n) is 23.5. The second-order valence-electron chi connectivity index (χ2n) is 9.99. The van der Waals surface area contributed by atoms with E-state index in [-0.39, 0.29) is 12.0 Å². The summed E-state index contributed by atoms with van der Waals surface area (Å²) in [6.45, 7) is 12.1. The fourth-order valence-corrected chi connectivity index (χ4v) is 4.50. The number of hydrogen-bond acceptors (Lipinski definition) is 6. The Bertz CT molecular complexity index is 1030. The average Bonchev–Trinajstić information content (AvgIpc) is 2.90. The van der Waals surface area contributed by atoms with Crippen LogP contribution in [0, 0.1) is 5.92 Å². The molecule has 0 amide bonds. The van der Waals surface area contributed by atoms with Gasteiger partial charge in [-0.3, -0.25) is 0 Å². The summed E-state index contributed by atoms with van der Waals surface area (Å²) in [6.07, 6.45) is 4.70. The zero-order chi connectivity index (χ0) is 26.7. The minimum Gasteiger partial charge on any atom is -0.493 e. The number of aryl methyl sites for hydroxylation is 2. The van der Waals surface area contributed by atoms with E-state index in [1.807, 2.05) is 19.9 Å². The number of methoxy groups -OCH3 is 1. The fraction of sp³-hybridized carbons (Fsp3) is 0.548. The Labute approximate surface area is 223 Å². The summed E-state index contributed by atoms with van der Waals surface area (Å²) < 4.78 is 23.6. The maximum Gasteiger partial charge on any atom is 0.212 e. The van der Waals surface area contributed by atoms with Gasteiger partial charge in [0.25, 0.3) is 0 Å². The largest absolute Gasteiger partial charge is 0.493 e. The van der Waals surface area contributed by atoms with Crippen molar-refractivity contribution < 1.29 is 18.9 Å². The van der Waals surface area contributed by atoms with Crippen LogP contribution < -0.4 is 9.47 Å². The maximum atomic E-state index is 6.06. The smallest absolute Gasteiger partial charge is 0.212 e. The Balaban J connectivity index is 1.62. The standard InChI is InChI=1S/C31H44N2O4/c1-7-35-29-28(23(3)4)32-30(36-8-2)31(5,33-29)20-19-25-17-18-26(27(22-25)34-6)37-21-13-12-16-24-14-10-9-11-15-24/h9-11,14-15,17-18,22-23,28H,7-8,12-13,16,19-21H2,1-6H3/t28-,31-/m1/s1. The lowest BCUT2D eigenvalue weighted by Gasteiger charge is -2.34. The van der Waals surface area contributed by atoms with Crippen molar-refractivity contribution in [3.8, 4) is 11.5 Å². The van der Waals surface area contributed by atoms with Gasteiger partial charge in [0.1, 0.15) is 11.6 Å². The van der Waals surface area contributed by atoms with E-state index in [1.54, 1.807) is 7.11 Å². The highest BCUT2D eigenvalue weighted by Gasteiger charge is 2.40. The van der Waals surface area contributed by atoms with Gasteiger partial charge in [-0.25, -0.2) is 9.98 Å². The van der Waals surface area contributed by atoms with E-state index in [0.29, 0.717) is 31.6 Å². The normalized spacial score (nSPS) is 19.3. The Kier molecular flexibility index (Phi) is 10.8. The van der Waals surface area contributed by atoms with Gasteiger partial charge in [-0.2, -0.15) is 0 Å². The van der Waals surface area contributed by atoms with Gasteiger partial charge >= 0.3 is 0 Å². The van der Waals surface area contributed by atoms with Crippen LogP contribution in [0.4, 0.5) is 0 Å². The number of unbranched alkanes of at least 4 members (excludes halogenated alkanes) is 1. The first kappa shape index (κ1) is 28.5. The summed E-state index contributed by atoms with van der Waals surface area (Å²) in [4.78, 5) is 9.99. The molecule has 2 atom stereocenters. The summed E-state index contributed by atoms with van der Waals surface area (Å²) in [7, 11) is 1.69. The molecule has 202 valence electrons. The van der Waals surface area contributed by atoms with Crippen LogP contribution in [0.5, 0.6) is 11.5 Å². The highest BCUT2D eigenvalue weighted by molar-refractivity contribution is 5.96. The molecule has 0 saturated carbocycles. The molecular weight excluding hydrogens is 464 g/mol. The third-order valence-corrected chi connectivity index (χ3v) is 6.62. The molecule has 6 heteroatoms. The Morgan fingerprint density at radius 2 is 1.62 bits per heavy atom. The molecule has 0 spiro atoms. The van der Waals surface area contributed by atoms with Crippen molar-refractivity contribution >= 4 is 11.8 Å². The van der Waals surface area contributed by atoms with Crippen molar-refractivity contribution in [3.63, 3.8) is 0 Å². The first-order valence-electron chi connectivity index (χ1n) is 13.7. The lowest BCUT2D eigenvalue weighted by Crippen LogP contribution is -2.45. The molecule has 0 aliphatic carbocycles. The second kappa shape index (κ2) is 14.1. The van der Waals surface area contributed by atoms with E-state index in [0.717, 1.165) is 49.2 Å². The molecule has 0 bridgehead atoms. The van der Waals surface area contributed by atoms with Crippen molar-refractivity contribution in [1.82, 2.24) is 0 Å². The predicted octanol–water partition coefficient (Wildman–Crippen LogP) is 6.70. The van der Waals surface area contributed by atoms with Gasteiger partial charge in [-0.1, -0.05) is 50.2 Å². The molecule has 3 rings (SSSR count). The van der Waals surface area contributed by atoms with E-state index in [2.05, 4.69) is 63.2 Å². The molecule has 0 N–H and O–H groups in total. The molecule has 1 aliphatic heterocycles. The topological polar surface area (TPSA) is 61.6 Å². The van der Waals surface area contributed by atoms with Crippen LogP contribution in [0.3, 0.4) is 0 Å². The monoisotopic (exact) mass is 508 g/mol. The van der Waals surface area contributed by atoms with E-state index in [4.69, 9.17) is 28.9 Å². The first-order chi connectivity index (χ1) is 17.9. The molecule has 0 aromatic heterocycles. The summed E-state index contributed by atoms with van der Waals surface area (Å²) >= 11 is 0. The van der Waals surface area contributed by atoms with Gasteiger partial charge in [0.05, 0.1) is 26.9 Å². The summed E-state index contributed by atoms with van der Waals surface area (Å²) in [5.41, 5.74) is 1.95. The minimum absolute atomic E-state index is 0.112. The van der Waals surface area contributed by atoms with E-state index in [9.17, 15) is 0 Å². The van der Waals surface area contributed by atoms with Crippen molar-refractivity contribution in [2.24, 2.45) is 15.9 Å². The SMILES string of the molecule is CCOC1=N[C@](C)(CCc2ccc(OCCCCc3ccccc3)c(OC)c2)C(OCC)=N[C@@H]1C(C)C. The van der Waals surface area contributed by atoms with Crippen LogP contribution in [0.2, 0.25) is 0 Å². The molecule has 0 saturated heterocycles. The van der Waals surface area contributed by atoms with E-state index in [1.165, 1.54) is 5.56 Å². The summed E-state index contributed by atoms with van der Waals surface area (Å²) in [5.74, 6) is 3.21. The van der Waals surface area contributed by atoms with Crippen molar-refractivity contribution in [2.75, 3.05) is 26.9 Å². The molecule has 0 unspecified atom stereocenters. The fourth-order valence-electron chi connectivity index (χ4n) is 4.50. The lowest BCUT2D eigenvalue weighted by atomic mass is 9.90. The van der Waals surface area contributed by atoms with E-state index < -0.39 is 5.54 Å². The van der Waals surface area contributed by atoms with Gasteiger partial charge in [0, 0.05) is 0 Å². The van der Waals surface area contributed by atoms with Crippen LogP contribution >= 0.6 is 0 Å². The van der Waals surface area contributed by atoms with E-state index >= 15 is 0 Å². The van der Waals surface area contributed by atoms with Crippen LogP contribution in [-0.4, -0.2) is 50.3 Å².